The van der Waals surface area contributed by atoms with Crippen molar-refractivity contribution in [3.8, 4) is 0 Å². The molecule has 0 saturated heterocycles. The van der Waals surface area contributed by atoms with Gasteiger partial charge in [0.2, 0.25) is 0 Å². The van der Waals surface area contributed by atoms with Gasteiger partial charge in [-0.05, 0) is 53.9 Å². The molecular formula is C17H29N3O. The summed E-state index contributed by atoms with van der Waals surface area (Å²) >= 11 is 0. The number of amides is 1. The lowest BCUT2D eigenvalue weighted by Crippen LogP contribution is -2.44. The third-order valence-electron chi connectivity index (χ3n) is 3.36. The SMILES string of the molecule is CCN(C(=O)c1ccccc1NC(C)C)C(C)CN(C)C. The number of anilines is 1. The highest BCUT2D eigenvalue weighted by molar-refractivity contribution is 5.99. The maximum absolute atomic E-state index is 12.9. The molecule has 0 aliphatic carbocycles. The van der Waals surface area contributed by atoms with Crippen LogP contribution < -0.4 is 5.32 Å². The second kappa shape index (κ2) is 8.03. The summed E-state index contributed by atoms with van der Waals surface area (Å²) in [6.45, 7) is 9.85. The molecule has 4 heteroatoms. The summed E-state index contributed by atoms with van der Waals surface area (Å²) in [4.78, 5) is 16.9. The minimum atomic E-state index is 0.0931. The van der Waals surface area contributed by atoms with Gasteiger partial charge in [-0.2, -0.15) is 0 Å². The van der Waals surface area contributed by atoms with E-state index in [4.69, 9.17) is 0 Å². The van der Waals surface area contributed by atoms with Gasteiger partial charge in [-0.25, -0.2) is 0 Å². The molecule has 1 aromatic rings. The summed E-state index contributed by atoms with van der Waals surface area (Å²) < 4.78 is 0. The first kappa shape index (κ1) is 17.5. The van der Waals surface area contributed by atoms with E-state index in [2.05, 4.69) is 31.0 Å². The van der Waals surface area contributed by atoms with Crippen LogP contribution in [0.3, 0.4) is 0 Å². The average molecular weight is 291 g/mol. The van der Waals surface area contributed by atoms with Crippen molar-refractivity contribution in [1.82, 2.24) is 9.80 Å². The van der Waals surface area contributed by atoms with Gasteiger partial charge in [-0.15, -0.1) is 0 Å². The van der Waals surface area contributed by atoms with Gasteiger partial charge in [0.05, 0.1) is 5.56 Å². The minimum absolute atomic E-state index is 0.0931. The van der Waals surface area contributed by atoms with E-state index in [1.165, 1.54) is 0 Å². The van der Waals surface area contributed by atoms with E-state index in [1.807, 2.05) is 50.2 Å². The minimum Gasteiger partial charge on any atom is -0.382 e. The zero-order valence-corrected chi connectivity index (χ0v) is 14.2. The van der Waals surface area contributed by atoms with Crippen LogP contribution in [0.1, 0.15) is 38.1 Å². The highest BCUT2D eigenvalue weighted by Gasteiger charge is 2.22. The third-order valence-corrected chi connectivity index (χ3v) is 3.36. The molecule has 1 aromatic carbocycles. The van der Waals surface area contributed by atoms with Crippen LogP contribution in [0, 0.1) is 0 Å². The number of carbonyl (C=O) groups excluding carboxylic acids is 1. The van der Waals surface area contributed by atoms with Gasteiger partial charge >= 0.3 is 0 Å². The summed E-state index contributed by atoms with van der Waals surface area (Å²) in [5, 5.41) is 3.36. The van der Waals surface area contributed by atoms with Crippen LogP contribution in [0.25, 0.3) is 0 Å². The summed E-state index contributed by atoms with van der Waals surface area (Å²) in [5.41, 5.74) is 1.66. The lowest BCUT2D eigenvalue weighted by molar-refractivity contribution is 0.0680. The molecule has 118 valence electrons. The predicted molar refractivity (Wildman–Crippen MR) is 89.9 cm³/mol. The van der Waals surface area contributed by atoms with Gasteiger partial charge < -0.3 is 15.1 Å². The number of nitrogens with one attached hydrogen (secondary N) is 1. The van der Waals surface area contributed by atoms with Crippen molar-refractivity contribution in [3.05, 3.63) is 29.8 Å². The van der Waals surface area contributed by atoms with E-state index in [-0.39, 0.29) is 11.9 Å². The Morgan fingerprint density at radius 1 is 1.19 bits per heavy atom. The van der Waals surface area contributed by atoms with Crippen molar-refractivity contribution in [3.63, 3.8) is 0 Å². The summed E-state index contributed by atoms with van der Waals surface area (Å²) in [5.74, 6) is 0.0931. The molecule has 0 fully saturated rings. The van der Waals surface area contributed by atoms with E-state index in [1.54, 1.807) is 0 Å². The molecule has 1 atom stereocenters. The van der Waals surface area contributed by atoms with Crippen LogP contribution >= 0.6 is 0 Å². The van der Waals surface area contributed by atoms with Crippen LogP contribution in [0.2, 0.25) is 0 Å². The molecule has 1 amide bonds. The highest BCUT2D eigenvalue weighted by atomic mass is 16.2. The van der Waals surface area contributed by atoms with E-state index in [0.29, 0.717) is 12.6 Å². The van der Waals surface area contributed by atoms with Crippen LogP contribution in [-0.4, -0.2) is 55.0 Å². The molecule has 0 aliphatic rings. The lowest BCUT2D eigenvalue weighted by atomic mass is 10.1. The molecule has 0 spiro atoms. The molecule has 0 bridgehead atoms. The quantitative estimate of drug-likeness (QED) is 0.839. The Hall–Kier alpha value is -1.55. The molecule has 1 N–H and O–H groups in total. The number of para-hydroxylation sites is 1. The molecule has 0 aromatic heterocycles. The Morgan fingerprint density at radius 2 is 1.81 bits per heavy atom. The second-order valence-corrected chi connectivity index (χ2v) is 6.05. The van der Waals surface area contributed by atoms with Crippen molar-refractivity contribution in [2.45, 2.75) is 39.8 Å². The number of carbonyl (C=O) groups is 1. The van der Waals surface area contributed by atoms with Crippen LogP contribution in [0.15, 0.2) is 24.3 Å². The fraction of sp³-hybridized carbons (Fsp3) is 0.588. The fourth-order valence-corrected chi connectivity index (χ4v) is 2.54. The Labute approximate surface area is 129 Å². The van der Waals surface area contributed by atoms with Gasteiger partial charge in [0.1, 0.15) is 0 Å². The molecular weight excluding hydrogens is 262 g/mol. The summed E-state index contributed by atoms with van der Waals surface area (Å²) in [7, 11) is 4.06. The predicted octanol–water partition coefficient (Wildman–Crippen LogP) is 2.92. The lowest BCUT2D eigenvalue weighted by Gasteiger charge is -2.31. The van der Waals surface area contributed by atoms with Gasteiger partial charge in [-0.3, -0.25) is 4.79 Å². The van der Waals surface area contributed by atoms with Crippen molar-refractivity contribution >= 4 is 11.6 Å². The monoisotopic (exact) mass is 291 g/mol. The highest BCUT2D eigenvalue weighted by Crippen LogP contribution is 2.19. The van der Waals surface area contributed by atoms with E-state index >= 15 is 0 Å². The molecule has 1 rings (SSSR count). The molecule has 21 heavy (non-hydrogen) atoms. The molecule has 0 radical (unpaired) electrons. The van der Waals surface area contributed by atoms with E-state index in [9.17, 15) is 4.79 Å². The molecule has 1 unspecified atom stereocenters. The average Bonchev–Trinajstić information content (AvgIpc) is 2.38. The molecule has 4 nitrogen and oxygen atoms in total. The smallest absolute Gasteiger partial charge is 0.256 e. The first-order valence-corrected chi connectivity index (χ1v) is 7.68. The van der Waals surface area contributed by atoms with Crippen molar-refractivity contribution in [2.75, 3.05) is 32.5 Å². The topological polar surface area (TPSA) is 35.6 Å². The zero-order valence-electron chi connectivity index (χ0n) is 14.2. The normalized spacial score (nSPS) is 12.6. The van der Waals surface area contributed by atoms with E-state index in [0.717, 1.165) is 17.8 Å². The van der Waals surface area contributed by atoms with Gasteiger partial charge in [0.15, 0.2) is 0 Å². The fourth-order valence-electron chi connectivity index (χ4n) is 2.54. The zero-order chi connectivity index (χ0) is 16.0. The van der Waals surface area contributed by atoms with Gasteiger partial charge in [0.25, 0.3) is 5.91 Å². The maximum Gasteiger partial charge on any atom is 0.256 e. The Morgan fingerprint density at radius 3 is 2.33 bits per heavy atom. The van der Waals surface area contributed by atoms with E-state index < -0.39 is 0 Å². The third kappa shape index (κ3) is 5.05. The maximum atomic E-state index is 12.9. The number of hydrogen-bond acceptors (Lipinski definition) is 3. The largest absolute Gasteiger partial charge is 0.382 e. The van der Waals surface area contributed by atoms with Gasteiger partial charge in [-0.1, -0.05) is 12.1 Å². The van der Waals surface area contributed by atoms with Crippen LogP contribution in [0.5, 0.6) is 0 Å². The number of rotatable bonds is 7. The first-order valence-electron chi connectivity index (χ1n) is 7.68. The van der Waals surface area contributed by atoms with Crippen LogP contribution in [-0.2, 0) is 0 Å². The molecule has 0 aliphatic heterocycles. The number of hydrogen-bond donors (Lipinski definition) is 1. The Balaban J connectivity index is 2.99. The van der Waals surface area contributed by atoms with Gasteiger partial charge in [0, 0.05) is 30.9 Å². The Kier molecular flexibility index (Phi) is 6.69. The van der Waals surface area contributed by atoms with Crippen molar-refractivity contribution in [2.24, 2.45) is 0 Å². The number of nitrogens with zero attached hydrogens (tertiary/aromatic N) is 2. The summed E-state index contributed by atoms with van der Waals surface area (Å²) in [6, 6.07) is 8.23. The standard InChI is InChI=1S/C17H29N3O/c1-7-20(14(4)12-19(5)6)17(21)15-10-8-9-11-16(15)18-13(2)3/h8-11,13-14,18H,7,12H2,1-6H3. The Bertz CT molecular complexity index is 457. The molecule has 0 saturated carbocycles. The number of benzene rings is 1. The summed E-state index contributed by atoms with van der Waals surface area (Å²) in [6.07, 6.45) is 0. The number of likely N-dealkylation sites (N-methyl/N-ethyl adjacent to an activating group) is 2. The van der Waals surface area contributed by atoms with Crippen molar-refractivity contribution < 1.29 is 4.79 Å². The van der Waals surface area contributed by atoms with Crippen molar-refractivity contribution in [1.29, 1.82) is 0 Å². The first-order chi connectivity index (χ1) is 9.86. The van der Waals surface area contributed by atoms with Crippen LogP contribution in [0.4, 0.5) is 5.69 Å². The molecule has 0 heterocycles. The second-order valence-electron chi connectivity index (χ2n) is 6.05.